The molecule has 6 rings (SSSR count). The van der Waals surface area contributed by atoms with E-state index in [9.17, 15) is 37.4 Å². The van der Waals surface area contributed by atoms with Gasteiger partial charge in [-0.05, 0) is 112 Å². The molecule has 0 bridgehead atoms. The number of aliphatic hydroxyl groups excluding tert-OH is 2. The Morgan fingerprint density at radius 1 is 0.750 bits per heavy atom. The summed E-state index contributed by atoms with van der Waals surface area (Å²) in [6.07, 6.45) is -1.77. The van der Waals surface area contributed by atoms with Crippen molar-refractivity contribution in [2.45, 2.75) is 19.1 Å². The molecule has 2 atom stereocenters. The lowest BCUT2D eigenvalue weighted by Gasteiger charge is -2.28. The van der Waals surface area contributed by atoms with Crippen LogP contribution < -0.4 is 16.1 Å². The number of rotatable bonds is 16. The van der Waals surface area contributed by atoms with Gasteiger partial charge in [0.25, 0.3) is 11.8 Å². The quantitative estimate of drug-likeness (QED) is 0.0244. The summed E-state index contributed by atoms with van der Waals surface area (Å²) in [5.74, 6) is -6.77. The van der Waals surface area contributed by atoms with Crippen molar-refractivity contribution in [1.82, 2.24) is 19.9 Å². The molecule has 0 aromatic heterocycles. The summed E-state index contributed by atoms with van der Waals surface area (Å²) in [5.41, 5.74) is 2.38. The highest BCUT2D eigenvalue weighted by Gasteiger charge is 2.27. The van der Waals surface area contributed by atoms with Gasteiger partial charge in [-0.1, -0.05) is 23.2 Å². The predicted molar refractivity (Wildman–Crippen MR) is 250 cm³/mol. The van der Waals surface area contributed by atoms with Gasteiger partial charge in [-0.15, -0.1) is 4.58 Å². The highest BCUT2D eigenvalue weighted by Crippen LogP contribution is 2.34. The normalized spacial score (nSPS) is 15.4. The fourth-order valence-electron chi connectivity index (χ4n) is 6.21. The maximum absolute atomic E-state index is 14.7. The molecule has 2 heterocycles. The predicted octanol–water partition coefficient (Wildman–Crippen LogP) is 7.82. The van der Waals surface area contributed by atoms with Crippen molar-refractivity contribution >= 4 is 115 Å². The zero-order valence-corrected chi connectivity index (χ0v) is 40.5. The van der Waals surface area contributed by atoms with Crippen LogP contribution in [-0.4, -0.2) is 128 Å². The largest absolute Gasteiger partial charge is 0.389 e. The smallest absolute Gasteiger partial charge is 0.295 e. The summed E-state index contributed by atoms with van der Waals surface area (Å²) in [5, 5.41) is 25.4. The third-order valence-corrected chi connectivity index (χ3v) is 11.7. The monoisotopic (exact) mass is 1180 g/mol. The number of hydrogen-bond acceptors (Lipinski definition) is 12. The van der Waals surface area contributed by atoms with Gasteiger partial charge in [-0.3, -0.25) is 29.1 Å². The molecule has 5 N–H and O–H groups in total. The summed E-state index contributed by atoms with van der Waals surface area (Å²) < 4.78 is 69.9. The molecular weight excluding hydrogens is 1140 g/mol. The number of hydrogen-bond donors (Lipinski definition) is 5. The Morgan fingerprint density at radius 3 is 1.89 bits per heavy atom. The van der Waals surface area contributed by atoms with Crippen molar-refractivity contribution in [2.24, 2.45) is 0 Å². The summed E-state index contributed by atoms with van der Waals surface area (Å²) in [4.78, 5) is 39.7. The summed E-state index contributed by atoms with van der Waals surface area (Å²) in [6.45, 7) is 7.09. The van der Waals surface area contributed by atoms with E-state index in [1.807, 2.05) is 15.9 Å². The first-order valence-corrected chi connectivity index (χ1v) is 22.7. The molecule has 0 radical (unpaired) electrons. The Hall–Kier alpha value is -2.85. The lowest BCUT2D eigenvalue weighted by molar-refractivity contribution is -0.0976. The molecule has 2 saturated heterocycles. The number of morpholine rings is 2. The van der Waals surface area contributed by atoms with E-state index in [4.69, 9.17) is 54.1 Å². The number of aryl methyl sites for hydroxylation is 1. The number of benzene rings is 4. The molecule has 14 nitrogen and oxygen atoms in total. The highest BCUT2D eigenvalue weighted by molar-refractivity contribution is 14.1. The van der Waals surface area contributed by atoms with Gasteiger partial charge in [0.15, 0.2) is 23.3 Å². The number of hydroxylamine groups is 2. The Kier molecular flexibility index (Phi) is 20.6. The molecule has 0 saturated carbocycles. The molecule has 4 aromatic carbocycles. The first kappa shape index (κ1) is 52.1. The van der Waals surface area contributed by atoms with E-state index in [-0.39, 0.29) is 40.7 Å². The van der Waals surface area contributed by atoms with Crippen LogP contribution in [0.1, 0.15) is 26.3 Å². The van der Waals surface area contributed by atoms with Crippen LogP contribution in [-0.2, 0) is 19.1 Å². The van der Waals surface area contributed by atoms with Crippen LogP contribution in [0.25, 0.3) is 0 Å². The van der Waals surface area contributed by atoms with Gasteiger partial charge in [0, 0.05) is 63.9 Å². The number of β-amino-alcohol motifs (C(OH)–C–C–N with tert-alkyl or cyclic N) is 2. The minimum absolute atomic E-state index is 0.181. The van der Waals surface area contributed by atoms with Crippen molar-refractivity contribution in [3.63, 3.8) is 0 Å². The molecule has 23 heteroatoms. The van der Waals surface area contributed by atoms with E-state index in [2.05, 4.69) is 61.3 Å². The number of amides is 2. The van der Waals surface area contributed by atoms with Crippen LogP contribution in [0.3, 0.4) is 0 Å². The molecule has 64 heavy (non-hydrogen) atoms. The SMILES string of the molecule is Cc1cc(I)ccc1Nc1c(C(=O)NOCC(O)CN2CCOCC2)cc(Cl)c(F)c1F.O=C(c1ccc(F)c(F)c1Nc1ccc(I)cc1Cl)N(Cl)OCC(O)CN1CCOCC1. The Morgan fingerprint density at radius 2 is 1.30 bits per heavy atom. The molecule has 2 aliphatic heterocycles. The van der Waals surface area contributed by atoms with Crippen molar-refractivity contribution in [3.05, 3.63) is 112 Å². The van der Waals surface area contributed by atoms with Gasteiger partial charge in [-0.25, -0.2) is 23.0 Å². The molecular formula is C41H43Cl3F4I2N6O8. The molecule has 4 aromatic rings. The fourth-order valence-corrected chi connectivity index (χ4v) is 8.10. The molecule has 2 unspecified atom stereocenters. The zero-order chi connectivity index (χ0) is 46.5. The maximum Gasteiger partial charge on any atom is 0.295 e. The number of anilines is 4. The molecule has 348 valence electrons. The average molecular weight is 1180 g/mol. The Labute approximate surface area is 408 Å². The second kappa shape index (κ2) is 25.3. The van der Waals surface area contributed by atoms with Crippen molar-refractivity contribution in [1.29, 1.82) is 0 Å². The fraction of sp³-hybridized carbons (Fsp3) is 0.366. The number of nitrogens with one attached hydrogen (secondary N) is 3. The lowest BCUT2D eigenvalue weighted by Crippen LogP contribution is -2.42. The first-order chi connectivity index (χ1) is 30.5. The Bertz CT molecular complexity index is 2250. The molecule has 2 aliphatic rings. The first-order valence-electron chi connectivity index (χ1n) is 19.4. The minimum atomic E-state index is -1.28. The lowest BCUT2D eigenvalue weighted by atomic mass is 10.1. The van der Waals surface area contributed by atoms with Gasteiger partial charge in [0.1, 0.15) is 13.2 Å². The summed E-state index contributed by atoms with van der Waals surface area (Å²) in [6, 6.07) is 13.1. The van der Waals surface area contributed by atoms with E-state index in [0.29, 0.717) is 76.0 Å². The van der Waals surface area contributed by atoms with Crippen LogP contribution in [0.15, 0.2) is 54.6 Å². The van der Waals surface area contributed by atoms with E-state index >= 15 is 0 Å². The third kappa shape index (κ3) is 15.1. The number of carbonyl (C=O) groups excluding carboxylic acids is 2. The van der Waals surface area contributed by atoms with E-state index in [1.165, 1.54) is 0 Å². The van der Waals surface area contributed by atoms with Crippen molar-refractivity contribution in [3.8, 4) is 0 Å². The second-order valence-corrected chi connectivity index (χ2v) is 17.9. The highest BCUT2D eigenvalue weighted by atomic mass is 127. The van der Waals surface area contributed by atoms with Crippen LogP contribution in [0.5, 0.6) is 0 Å². The van der Waals surface area contributed by atoms with Gasteiger partial charge in [0.05, 0.1) is 76.9 Å². The van der Waals surface area contributed by atoms with Crippen molar-refractivity contribution in [2.75, 3.05) is 89.5 Å². The van der Waals surface area contributed by atoms with Crippen LogP contribution in [0.4, 0.5) is 40.3 Å². The summed E-state index contributed by atoms with van der Waals surface area (Å²) >= 11 is 22.0. The summed E-state index contributed by atoms with van der Waals surface area (Å²) in [7, 11) is 0. The van der Waals surface area contributed by atoms with Crippen molar-refractivity contribution < 1.29 is 56.5 Å². The van der Waals surface area contributed by atoms with Gasteiger partial charge < -0.3 is 30.3 Å². The minimum Gasteiger partial charge on any atom is -0.389 e. The van der Waals surface area contributed by atoms with E-state index in [0.717, 1.165) is 30.9 Å². The number of ether oxygens (including phenoxy) is 2. The molecule has 2 amide bonds. The molecule has 2 fully saturated rings. The maximum atomic E-state index is 14.7. The number of nitrogens with zero attached hydrogens (tertiary/aromatic N) is 3. The van der Waals surface area contributed by atoms with E-state index in [1.54, 1.807) is 37.3 Å². The molecule has 0 spiro atoms. The van der Waals surface area contributed by atoms with Crippen LogP contribution in [0, 0.1) is 37.3 Å². The number of halogens is 9. The third-order valence-electron chi connectivity index (χ3n) is 9.50. The van der Waals surface area contributed by atoms with Gasteiger partial charge >= 0.3 is 0 Å². The van der Waals surface area contributed by atoms with E-state index < -0.39 is 58.0 Å². The number of carbonyl (C=O) groups is 2. The van der Waals surface area contributed by atoms with Crippen LogP contribution >= 0.6 is 80.2 Å². The molecule has 0 aliphatic carbocycles. The van der Waals surface area contributed by atoms with Crippen LogP contribution in [0.2, 0.25) is 10.0 Å². The van der Waals surface area contributed by atoms with Gasteiger partial charge in [0.2, 0.25) is 0 Å². The standard InChI is InChI=1S/C21H23ClF2IN3O4.C20H20Cl2F2IN3O4/c1-12-8-13(25)2-3-17(12)26-20-15(9-16(22)18(23)19(20)24)21(30)27-32-11-14(29)10-28-4-6-31-7-5-28;21-15-9-12(25)1-4-17(15)26-19-14(2-3-16(23)18(19)24)20(30)28(22)32-11-13(29)10-27-5-7-31-8-6-27/h2-3,8-9,14,26,29H,4-7,10-11H2,1H3,(H,27,30);1-4,9,13,26,29H,5-8,10-11H2. The topological polar surface area (TPSA) is 157 Å². The number of aliphatic hydroxyl groups is 2. The zero-order valence-electron chi connectivity index (χ0n) is 33.9. The Balaban J connectivity index is 0.000000241. The second-order valence-electron chi connectivity index (χ2n) is 14.2. The van der Waals surface area contributed by atoms with Gasteiger partial charge in [-0.2, -0.15) is 0 Å². The average Bonchev–Trinajstić information content (AvgIpc) is 3.26.